The van der Waals surface area contributed by atoms with E-state index in [1.165, 1.54) is 27.5 Å². The number of pyridine rings is 1. The first-order chi connectivity index (χ1) is 37.1. The summed E-state index contributed by atoms with van der Waals surface area (Å²) in [6.45, 7) is 4.56. The van der Waals surface area contributed by atoms with E-state index in [9.17, 15) is 0 Å². The minimum Gasteiger partial charge on any atom is -0.510 e. The Morgan fingerprint density at radius 1 is 0.513 bits per heavy atom. The Labute approximate surface area is 456 Å². The summed E-state index contributed by atoms with van der Waals surface area (Å²) in [5.74, 6) is 1.90. The van der Waals surface area contributed by atoms with Crippen molar-refractivity contribution in [3.05, 3.63) is 272 Å². The van der Waals surface area contributed by atoms with E-state index in [0.717, 1.165) is 89.3 Å². The van der Waals surface area contributed by atoms with Crippen molar-refractivity contribution in [2.75, 3.05) is 4.90 Å². The number of aromatic nitrogens is 4. The molecule has 0 unspecified atom stereocenters. The average molecular weight is 1160 g/mol. The van der Waals surface area contributed by atoms with E-state index >= 15 is 0 Å². The summed E-state index contributed by atoms with van der Waals surface area (Å²) in [5.41, 5.74) is 20.0. The number of fused-ring (bicyclic) bond motifs is 6. The summed E-state index contributed by atoms with van der Waals surface area (Å²) in [6.07, 6.45) is 5.70. The van der Waals surface area contributed by atoms with Crippen LogP contribution in [0.15, 0.2) is 243 Å². The van der Waals surface area contributed by atoms with Crippen LogP contribution in [0.3, 0.4) is 0 Å². The van der Waals surface area contributed by atoms with Crippen LogP contribution in [0.1, 0.15) is 11.1 Å². The second-order valence-electron chi connectivity index (χ2n) is 19.2. The van der Waals surface area contributed by atoms with Gasteiger partial charge in [-0.15, -0.1) is 29.7 Å². The van der Waals surface area contributed by atoms with Gasteiger partial charge in [0.25, 0.3) is 6.33 Å². The topological polar surface area (TPSA) is 39.1 Å². The number of aryl methyl sites for hydroxylation is 2. The molecule has 0 bridgehead atoms. The van der Waals surface area contributed by atoms with Crippen LogP contribution >= 0.6 is 0 Å². The number of hydrogen-bond donors (Lipinski definition) is 0. The summed E-state index contributed by atoms with van der Waals surface area (Å²) < 4.78 is 13.2. The van der Waals surface area contributed by atoms with Crippen LogP contribution in [0.4, 0.5) is 17.1 Å². The first-order valence-corrected chi connectivity index (χ1v) is 25.4. The third-order valence-corrected chi connectivity index (χ3v) is 14.8. The zero-order chi connectivity index (χ0) is 50.0. The molecule has 1 aliphatic heterocycles. The van der Waals surface area contributed by atoms with Crippen molar-refractivity contribution in [2.45, 2.75) is 13.8 Å². The van der Waals surface area contributed by atoms with Gasteiger partial charge < -0.3 is 18.8 Å². The number of rotatable bonds is 9. The summed E-state index contributed by atoms with van der Waals surface area (Å²) >= 11 is 0. The fraction of sp³-hybridized carbons (Fsp3) is 0.0294. The molecular formula is C68H46BN5OPt-2. The van der Waals surface area contributed by atoms with Gasteiger partial charge in [0.15, 0.2) is 0 Å². The fourth-order valence-electron chi connectivity index (χ4n) is 11.5. The van der Waals surface area contributed by atoms with Crippen molar-refractivity contribution in [2.24, 2.45) is 0 Å². The molecule has 0 saturated heterocycles. The molecule has 0 radical (unpaired) electrons. The van der Waals surface area contributed by atoms with Crippen molar-refractivity contribution in [1.29, 1.82) is 0 Å². The van der Waals surface area contributed by atoms with E-state index in [2.05, 4.69) is 263 Å². The molecule has 0 fully saturated rings. The third-order valence-electron chi connectivity index (χ3n) is 14.8. The molecule has 10 aromatic carbocycles. The number of nitrogens with zero attached hydrogens (tertiary/aromatic N) is 5. The Morgan fingerprint density at radius 2 is 1.11 bits per heavy atom. The molecule has 8 heteroatoms. The first kappa shape index (κ1) is 46.7. The molecule has 0 aliphatic carbocycles. The van der Waals surface area contributed by atoms with Crippen LogP contribution < -0.4 is 30.6 Å². The maximum atomic E-state index is 6.77. The molecule has 364 valence electrons. The zero-order valence-electron chi connectivity index (χ0n) is 41.6. The van der Waals surface area contributed by atoms with Crippen LogP contribution in [0.2, 0.25) is 0 Å². The Kier molecular flexibility index (Phi) is 11.9. The molecule has 0 amide bonds. The van der Waals surface area contributed by atoms with Gasteiger partial charge in [0, 0.05) is 61.7 Å². The first-order valence-electron chi connectivity index (χ1n) is 25.4. The summed E-state index contributed by atoms with van der Waals surface area (Å²) in [6, 6.07) is 90.6. The van der Waals surface area contributed by atoms with Gasteiger partial charge in [-0.1, -0.05) is 198 Å². The molecule has 3 aromatic heterocycles. The van der Waals surface area contributed by atoms with Crippen molar-refractivity contribution in [3.8, 4) is 50.9 Å². The number of hydrogen-bond acceptors (Lipinski definition) is 3. The van der Waals surface area contributed by atoms with Gasteiger partial charge in [0.05, 0.1) is 22.4 Å². The van der Waals surface area contributed by atoms with Crippen LogP contribution in [-0.4, -0.2) is 20.8 Å². The van der Waals surface area contributed by atoms with E-state index in [4.69, 9.17) is 9.72 Å². The third kappa shape index (κ3) is 7.86. The van der Waals surface area contributed by atoms with Crippen LogP contribution in [-0.2, 0) is 21.1 Å². The Morgan fingerprint density at radius 3 is 1.82 bits per heavy atom. The van der Waals surface area contributed by atoms with E-state index in [1.807, 2.05) is 30.5 Å². The Bertz CT molecular complexity index is 4210. The second-order valence-corrected chi connectivity index (χ2v) is 19.2. The van der Waals surface area contributed by atoms with Gasteiger partial charge >= 0.3 is 0 Å². The molecule has 0 spiro atoms. The monoisotopic (exact) mass is 1150 g/mol. The zero-order valence-corrected chi connectivity index (χ0v) is 43.9. The van der Waals surface area contributed by atoms with Crippen LogP contribution in [0.25, 0.3) is 72.3 Å². The largest absolute Gasteiger partial charge is 0.510 e. The summed E-state index contributed by atoms with van der Waals surface area (Å²) in [7, 11) is 0. The minimum absolute atomic E-state index is 0. The summed E-state index contributed by atoms with van der Waals surface area (Å²) in [4.78, 5) is 7.48. The van der Waals surface area contributed by atoms with E-state index in [-0.39, 0.29) is 27.8 Å². The van der Waals surface area contributed by atoms with Gasteiger partial charge in [-0.05, 0) is 82.4 Å². The van der Waals surface area contributed by atoms with Crippen LogP contribution in [0.5, 0.6) is 11.5 Å². The molecule has 76 heavy (non-hydrogen) atoms. The Balaban J connectivity index is 0.00000553. The molecule has 0 atom stereocenters. The molecular weight excluding hydrogens is 1110 g/mol. The number of imidazole rings is 1. The molecule has 0 N–H and O–H groups in total. The van der Waals surface area contributed by atoms with E-state index < -0.39 is 0 Å². The van der Waals surface area contributed by atoms with E-state index in [0.29, 0.717) is 11.5 Å². The van der Waals surface area contributed by atoms with Crippen LogP contribution in [0, 0.1) is 32.3 Å². The maximum absolute atomic E-state index is 6.77. The Hall–Kier alpha value is -9.03. The van der Waals surface area contributed by atoms with Crippen molar-refractivity contribution >= 4 is 73.0 Å². The number of anilines is 3. The maximum Gasteiger partial charge on any atom is 0.268 e. The summed E-state index contributed by atoms with van der Waals surface area (Å²) in [5, 5.41) is 2.16. The number of ether oxygens (including phenoxy) is 1. The minimum atomic E-state index is 0. The predicted molar refractivity (Wildman–Crippen MR) is 306 cm³/mol. The van der Waals surface area contributed by atoms with E-state index in [1.54, 1.807) is 0 Å². The van der Waals surface area contributed by atoms with Gasteiger partial charge in [-0.2, -0.15) is 18.2 Å². The fourth-order valence-corrected chi connectivity index (χ4v) is 11.5. The van der Waals surface area contributed by atoms with Crippen molar-refractivity contribution in [1.82, 2.24) is 14.1 Å². The molecule has 4 heterocycles. The van der Waals surface area contributed by atoms with Gasteiger partial charge in [0.1, 0.15) is 5.82 Å². The molecule has 6 nitrogen and oxygen atoms in total. The van der Waals surface area contributed by atoms with Gasteiger partial charge in [0.2, 0.25) is 6.71 Å². The number of benzene rings is 10. The van der Waals surface area contributed by atoms with Gasteiger partial charge in [-0.3, -0.25) is 4.57 Å². The van der Waals surface area contributed by atoms with Gasteiger partial charge in [-0.25, -0.2) is 4.98 Å². The van der Waals surface area contributed by atoms with Crippen molar-refractivity contribution < 1.29 is 30.4 Å². The normalized spacial score (nSPS) is 11.9. The second kappa shape index (κ2) is 19.3. The average Bonchev–Trinajstić information content (AvgIpc) is 4.06. The number of para-hydroxylation sites is 6. The van der Waals surface area contributed by atoms with Crippen molar-refractivity contribution in [3.63, 3.8) is 0 Å². The smallest absolute Gasteiger partial charge is 0.268 e. The predicted octanol–water partition coefficient (Wildman–Crippen LogP) is 13.8. The SMILES string of the molecule is Cc1cccc(C)c1B1c2ccccc2N(c2ccnc(-n3c4[c-]c(Oc5[c-]c(-n6[c-][n+](-c7c(-c8ccccc8)cccc7-c7ccccc7)c7ccccc76)ccc5)ccc4c4ccccc43)c2)c2ccccc21.[Pt]. The standard InChI is InChI=1S/C68H46BN5O.Pt/c1-46-20-17-21-47(2)67(46)69-58-31-10-13-34-61(58)73(62-35-14-11-32-59(62)69)51-40-41-70-66(43-51)74-60-33-12-9-28-56(60)57-39-38-53(44-65(57)74)75-52-27-18-26-50(42-52)71-45-72(64-37-16-15-36-63(64)71)68-54(48-22-5-3-6-23-48)29-19-30-55(68)49-24-7-4-8-25-49;/h3-41,43H,1-2H3;/q-2;. The molecule has 1 aliphatic rings. The molecule has 0 saturated carbocycles. The molecule has 13 aromatic rings. The molecule has 14 rings (SSSR count). The quantitative estimate of drug-likeness (QED) is 0.0821.